The zero-order valence-corrected chi connectivity index (χ0v) is 22.5. The number of aromatic hydroxyl groups is 1. The fourth-order valence-electron chi connectivity index (χ4n) is 5.11. The SMILES string of the molecule is CCOc1ccc([C@@H]2CC(=O)C3=C(C2)Nc2ccccc2N[C@@H]3c2cc(Br)c(O)c(OC)c2)cc1OC. The van der Waals surface area contributed by atoms with E-state index in [0.29, 0.717) is 46.7 Å². The quantitative estimate of drug-likeness (QED) is 0.312. The molecule has 1 heterocycles. The van der Waals surface area contributed by atoms with E-state index >= 15 is 0 Å². The van der Waals surface area contributed by atoms with Crippen LogP contribution in [0.2, 0.25) is 0 Å². The number of anilines is 2. The van der Waals surface area contributed by atoms with Gasteiger partial charge in [0, 0.05) is 17.7 Å². The van der Waals surface area contributed by atoms with Crippen LogP contribution in [0.3, 0.4) is 0 Å². The van der Waals surface area contributed by atoms with Crippen molar-refractivity contribution in [2.45, 2.75) is 31.7 Å². The fraction of sp³-hybridized carbons (Fsp3) is 0.276. The number of hydrogen-bond acceptors (Lipinski definition) is 7. The molecule has 0 aromatic heterocycles. The van der Waals surface area contributed by atoms with Crippen LogP contribution in [0.25, 0.3) is 0 Å². The van der Waals surface area contributed by atoms with Gasteiger partial charge in [-0.1, -0.05) is 18.2 Å². The molecule has 0 spiro atoms. The molecule has 0 unspecified atom stereocenters. The summed E-state index contributed by atoms with van der Waals surface area (Å²) < 4.78 is 17.1. The van der Waals surface area contributed by atoms with E-state index in [4.69, 9.17) is 14.2 Å². The molecule has 7 nitrogen and oxygen atoms in total. The maximum absolute atomic E-state index is 13.8. The third-order valence-electron chi connectivity index (χ3n) is 6.87. The van der Waals surface area contributed by atoms with E-state index in [2.05, 4.69) is 26.6 Å². The minimum absolute atomic E-state index is 0.0182. The van der Waals surface area contributed by atoms with Gasteiger partial charge >= 0.3 is 0 Å². The first-order valence-electron chi connectivity index (χ1n) is 12.2. The average Bonchev–Trinajstić information content (AvgIpc) is 3.07. The molecule has 1 aliphatic heterocycles. The number of methoxy groups -OCH3 is 2. The van der Waals surface area contributed by atoms with E-state index in [1.807, 2.05) is 55.5 Å². The summed E-state index contributed by atoms with van der Waals surface area (Å²) >= 11 is 3.43. The van der Waals surface area contributed by atoms with Gasteiger partial charge in [-0.3, -0.25) is 4.79 Å². The second-order valence-electron chi connectivity index (χ2n) is 9.07. The number of ketones is 1. The Morgan fingerprint density at radius 1 is 0.946 bits per heavy atom. The highest BCUT2D eigenvalue weighted by molar-refractivity contribution is 9.10. The second kappa shape index (κ2) is 10.4. The van der Waals surface area contributed by atoms with Crippen molar-refractivity contribution in [1.29, 1.82) is 0 Å². The molecule has 3 N–H and O–H groups in total. The van der Waals surface area contributed by atoms with Crippen molar-refractivity contribution in [1.82, 2.24) is 0 Å². The first-order valence-corrected chi connectivity index (χ1v) is 13.0. The number of benzene rings is 3. The molecule has 0 radical (unpaired) electrons. The van der Waals surface area contributed by atoms with Gasteiger partial charge in [-0.25, -0.2) is 0 Å². The topological polar surface area (TPSA) is 89.1 Å². The van der Waals surface area contributed by atoms with Crippen molar-refractivity contribution in [3.63, 3.8) is 0 Å². The normalized spacial score (nSPS) is 18.6. The Labute approximate surface area is 224 Å². The Balaban J connectivity index is 1.59. The molecule has 0 fully saturated rings. The molecule has 0 saturated heterocycles. The summed E-state index contributed by atoms with van der Waals surface area (Å²) in [5.74, 6) is 1.74. The molecule has 8 heteroatoms. The average molecular weight is 565 g/mol. The number of carbonyl (C=O) groups excluding carboxylic acids is 1. The number of para-hydroxylation sites is 2. The van der Waals surface area contributed by atoms with Crippen LogP contribution in [0, 0.1) is 0 Å². The van der Waals surface area contributed by atoms with Gasteiger partial charge in [0.2, 0.25) is 0 Å². The van der Waals surface area contributed by atoms with Crippen molar-refractivity contribution in [2.75, 3.05) is 31.5 Å². The molecule has 5 rings (SSSR count). The van der Waals surface area contributed by atoms with Crippen LogP contribution in [0.4, 0.5) is 11.4 Å². The molecule has 0 bridgehead atoms. The van der Waals surface area contributed by atoms with Gasteiger partial charge in [-0.05, 0) is 82.7 Å². The summed E-state index contributed by atoms with van der Waals surface area (Å²) in [6, 6.07) is 17.0. The smallest absolute Gasteiger partial charge is 0.172 e. The Kier molecular flexibility index (Phi) is 7.02. The van der Waals surface area contributed by atoms with Crippen LogP contribution in [0.5, 0.6) is 23.0 Å². The molecular weight excluding hydrogens is 536 g/mol. The molecule has 3 aromatic carbocycles. The van der Waals surface area contributed by atoms with Crippen molar-refractivity contribution in [2.24, 2.45) is 0 Å². The molecule has 2 atom stereocenters. The number of ether oxygens (including phenoxy) is 3. The van der Waals surface area contributed by atoms with E-state index in [9.17, 15) is 9.90 Å². The van der Waals surface area contributed by atoms with Crippen molar-refractivity contribution in [3.8, 4) is 23.0 Å². The number of nitrogens with one attached hydrogen (secondary N) is 2. The number of phenols is 1. The van der Waals surface area contributed by atoms with Crippen molar-refractivity contribution >= 4 is 33.1 Å². The molecule has 3 aromatic rings. The van der Waals surface area contributed by atoms with E-state index in [1.54, 1.807) is 13.2 Å². The Morgan fingerprint density at radius 2 is 1.68 bits per heavy atom. The van der Waals surface area contributed by atoms with Crippen molar-refractivity contribution < 1.29 is 24.1 Å². The Morgan fingerprint density at radius 3 is 2.41 bits per heavy atom. The first kappa shape index (κ1) is 25.0. The zero-order chi connectivity index (χ0) is 26.1. The third kappa shape index (κ3) is 4.73. The lowest BCUT2D eigenvalue weighted by molar-refractivity contribution is -0.116. The first-order chi connectivity index (χ1) is 17.9. The lowest BCUT2D eigenvalue weighted by Crippen LogP contribution is -2.27. The number of Topliss-reactive ketones (excluding diaryl/α,β-unsaturated/α-hetero) is 1. The van der Waals surface area contributed by atoms with Gasteiger partial charge in [0.05, 0.1) is 42.7 Å². The van der Waals surface area contributed by atoms with Crippen LogP contribution in [-0.2, 0) is 4.79 Å². The standard InChI is InChI=1S/C29H29BrN2O5/c1-4-37-24-10-9-16(14-25(24)35-2)17-12-22-27(23(33)13-17)28(32-21-8-6-5-7-20(21)31-22)18-11-19(30)29(34)26(15-18)36-3/h5-11,14-15,17,28,31-32,34H,4,12-13H2,1-3H3/t17-,28+/m0/s1. The molecule has 1 aliphatic carbocycles. The van der Waals surface area contributed by atoms with E-state index in [0.717, 1.165) is 28.2 Å². The molecule has 0 amide bonds. The number of carbonyl (C=O) groups is 1. The van der Waals surface area contributed by atoms with Gasteiger partial charge in [-0.2, -0.15) is 0 Å². The number of hydrogen-bond donors (Lipinski definition) is 3. The zero-order valence-electron chi connectivity index (χ0n) is 20.9. The Hall–Kier alpha value is -3.65. The van der Waals surface area contributed by atoms with Crippen LogP contribution in [-0.4, -0.2) is 31.7 Å². The minimum Gasteiger partial charge on any atom is -0.503 e. The maximum atomic E-state index is 13.8. The maximum Gasteiger partial charge on any atom is 0.172 e. The van der Waals surface area contributed by atoms with Crippen molar-refractivity contribution in [3.05, 3.63) is 81.5 Å². The Bertz CT molecular complexity index is 1390. The fourth-order valence-corrected chi connectivity index (χ4v) is 5.57. The summed E-state index contributed by atoms with van der Waals surface area (Å²) in [5.41, 5.74) is 5.18. The number of halogens is 1. The van der Waals surface area contributed by atoms with Gasteiger partial charge < -0.3 is 30.0 Å². The number of rotatable bonds is 6. The van der Waals surface area contributed by atoms with Crippen LogP contribution in [0.15, 0.2) is 70.3 Å². The number of allylic oxidation sites excluding steroid dienone is 1. The minimum atomic E-state index is -0.430. The summed E-state index contributed by atoms with van der Waals surface area (Å²) in [7, 11) is 3.13. The van der Waals surface area contributed by atoms with E-state index in [1.165, 1.54) is 7.11 Å². The third-order valence-corrected chi connectivity index (χ3v) is 7.48. The predicted octanol–water partition coefficient (Wildman–Crippen LogP) is 6.55. The highest BCUT2D eigenvalue weighted by Gasteiger charge is 2.36. The lowest BCUT2D eigenvalue weighted by atomic mass is 9.78. The number of fused-ring (bicyclic) bond motifs is 1. The number of phenolic OH excluding ortho intramolecular Hbond substituents is 1. The summed E-state index contributed by atoms with van der Waals surface area (Å²) in [6.45, 7) is 2.48. The van der Waals surface area contributed by atoms with Gasteiger partial charge in [0.15, 0.2) is 28.8 Å². The molecule has 2 aliphatic rings. The molecule has 0 saturated carbocycles. The second-order valence-corrected chi connectivity index (χ2v) is 9.92. The lowest BCUT2D eigenvalue weighted by Gasteiger charge is -2.30. The predicted molar refractivity (Wildman–Crippen MR) is 147 cm³/mol. The van der Waals surface area contributed by atoms with E-state index in [-0.39, 0.29) is 17.5 Å². The van der Waals surface area contributed by atoms with Crippen LogP contribution >= 0.6 is 15.9 Å². The van der Waals surface area contributed by atoms with Gasteiger partial charge in [0.1, 0.15) is 0 Å². The molecule has 37 heavy (non-hydrogen) atoms. The van der Waals surface area contributed by atoms with E-state index < -0.39 is 6.04 Å². The molecular formula is C29H29BrN2O5. The summed E-state index contributed by atoms with van der Waals surface area (Å²) in [6.07, 6.45) is 1.02. The van der Waals surface area contributed by atoms with Gasteiger partial charge in [-0.15, -0.1) is 0 Å². The summed E-state index contributed by atoms with van der Waals surface area (Å²) in [4.78, 5) is 13.8. The summed E-state index contributed by atoms with van der Waals surface area (Å²) in [5, 5.41) is 17.5. The highest BCUT2D eigenvalue weighted by Crippen LogP contribution is 2.47. The monoisotopic (exact) mass is 564 g/mol. The van der Waals surface area contributed by atoms with Gasteiger partial charge in [0.25, 0.3) is 0 Å². The largest absolute Gasteiger partial charge is 0.503 e. The molecule has 192 valence electrons. The highest BCUT2D eigenvalue weighted by atomic mass is 79.9. The van der Waals surface area contributed by atoms with Crippen LogP contribution in [0.1, 0.15) is 42.9 Å². The van der Waals surface area contributed by atoms with Crippen LogP contribution < -0.4 is 24.8 Å².